The van der Waals surface area contributed by atoms with E-state index in [2.05, 4.69) is 41.8 Å². The van der Waals surface area contributed by atoms with Crippen molar-refractivity contribution in [2.45, 2.75) is 65.0 Å². The smallest absolute Gasteiger partial charge is 0.107 e. The van der Waals surface area contributed by atoms with Crippen LogP contribution in [0.4, 0.5) is 0 Å². The summed E-state index contributed by atoms with van der Waals surface area (Å²) in [5, 5.41) is 15.3. The lowest BCUT2D eigenvalue weighted by molar-refractivity contribution is -0.0379. The van der Waals surface area contributed by atoms with E-state index < -0.39 is 5.60 Å². The van der Waals surface area contributed by atoms with Gasteiger partial charge < -0.3 is 5.11 Å². The second kappa shape index (κ2) is 4.97. The minimum Gasteiger partial charge on any atom is -0.384 e. The average molecular weight is 315 g/mol. The van der Waals surface area contributed by atoms with Gasteiger partial charge in [0.25, 0.3) is 0 Å². The molecule has 1 aliphatic carbocycles. The Bertz CT molecular complexity index is 415. The summed E-state index contributed by atoms with van der Waals surface area (Å²) in [6.45, 7) is 7.57. The standard InChI is InChI=1S/C14H23BrN2O/c1-4-9-17-12(11(15)10-16-17)14(18)7-5-13(2,3)6-8-14/h10,18H,4-9H2,1-3H3. The topological polar surface area (TPSA) is 38.0 Å². The van der Waals surface area contributed by atoms with Crippen molar-refractivity contribution in [1.29, 1.82) is 0 Å². The predicted octanol–water partition coefficient (Wildman–Crippen LogP) is 3.84. The van der Waals surface area contributed by atoms with Crippen molar-refractivity contribution < 1.29 is 5.11 Å². The van der Waals surface area contributed by atoms with Gasteiger partial charge >= 0.3 is 0 Å². The quantitative estimate of drug-likeness (QED) is 0.920. The zero-order valence-corrected chi connectivity index (χ0v) is 13.1. The van der Waals surface area contributed by atoms with Gasteiger partial charge in [-0.1, -0.05) is 20.8 Å². The summed E-state index contributed by atoms with van der Waals surface area (Å²) in [5.74, 6) is 0. The minimum atomic E-state index is -0.708. The van der Waals surface area contributed by atoms with Crippen LogP contribution in [-0.4, -0.2) is 14.9 Å². The first-order valence-corrected chi connectivity index (χ1v) is 7.61. The fourth-order valence-corrected chi connectivity index (χ4v) is 3.45. The Labute approximate surface area is 118 Å². The van der Waals surface area contributed by atoms with Crippen LogP contribution in [0.15, 0.2) is 10.7 Å². The second-order valence-electron chi connectivity index (χ2n) is 6.26. The van der Waals surface area contributed by atoms with E-state index in [1.54, 1.807) is 0 Å². The Kier molecular flexibility index (Phi) is 3.88. The number of nitrogens with zero attached hydrogens (tertiary/aromatic N) is 2. The minimum absolute atomic E-state index is 0.355. The number of hydrogen-bond acceptors (Lipinski definition) is 2. The summed E-state index contributed by atoms with van der Waals surface area (Å²) in [6.07, 6.45) is 6.62. The van der Waals surface area contributed by atoms with Crippen LogP contribution in [0.2, 0.25) is 0 Å². The van der Waals surface area contributed by atoms with E-state index in [-0.39, 0.29) is 0 Å². The van der Waals surface area contributed by atoms with Crippen LogP contribution in [0.25, 0.3) is 0 Å². The molecule has 0 bridgehead atoms. The van der Waals surface area contributed by atoms with E-state index in [0.717, 1.165) is 48.8 Å². The van der Waals surface area contributed by atoms with E-state index in [9.17, 15) is 5.11 Å². The maximum atomic E-state index is 11.0. The average Bonchev–Trinajstić information content (AvgIpc) is 2.66. The monoisotopic (exact) mass is 314 g/mol. The van der Waals surface area contributed by atoms with Gasteiger partial charge in [-0.05, 0) is 53.4 Å². The molecular formula is C14H23BrN2O. The van der Waals surface area contributed by atoms with Gasteiger partial charge in [0.05, 0.1) is 16.4 Å². The molecule has 0 saturated heterocycles. The van der Waals surface area contributed by atoms with Gasteiger partial charge in [-0.25, -0.2) is 0 Å². The largest absolute Gasteiger partial charge is 0.384 e. The van der Waals surface area contributed by atoms with Crippen LogP contribution >= 0.6 is 15.9 Å². The normalized spacial score (nSPS) is 22.1. The molecule has 3 nitrogen and oxygen atoms in total. The molecule has 1 saturated carbocycles. The summed E-state index contributed by atoms with van der Waals surface area (Å²) >= 11 is 3.54. The molecule has 0 unspecified atom stereocenters. The molecule has 0 atom stereocenters. The van der Waals surface area contributed by atoms with E-state index in [0.29, 0.717) is 5.41 Å². The number of halogens is 1. The highest BCUT2D eigenvalue weighted by Crippen LogP contribution is 2.46. The molecule has 1 aromatic rings. The van der Waals surface area contributed by atoms with Crippen LogP contribution in [0.5, 0.6) is 0 Å². The molecular weight excluding hydrogens is 292 g/mol. The lowest BCUT2D eigenvalue weighted by Gasteiger charge is -2.40. The first-order chi connectivity index (χ1) is 8.38. The molecule has 1 fully saturated rings. The molecule has 1 aliphatic rings. The van der Waals surface area contributed by atoms with Gasteiger partial charge in [0.2, 0.25) is 0 Å². The maximum Gasteiger partial charge on any atom is 0.107 e. The number of aliphatic hydroxyl groups is 1. The molecule has 0 aromatic carbocycles. The molecule has 1 heterocycles. The first kappa shape index (κ1) is 14.1. The molecule has 2 rings (SSSR count). The van der Waals surface area contributed by atoms with E-state index in [4.69, 9.17) is 0 Å². The third-order valence-electron chi connectivity index (χ3n) is 4.10. The van der Waals surface area contributed by atoms with Crippen LogP contribution in [0.3, 0.4) is 0 Å². The lowest BCUT2D eigenvalue weighted by atomic mass is 9.70. The van der Waals surface area contributed by atoms with Crippen LogP contribution in [-0.2, 0) is 12.1 Å². The van der Waals surface area contributed by atoms with Crippen LogP contribution in [0.1, 0.15) is 58.6 Å². The molecule has 0 spiro atoms. The second-order valence-corrected chi connectivity index (χ2v) is 7.11. The van der Waals surface area contributed by atoms with Gasteiger partial charge in [-0.3, -0.25) is 4.68 Å². The van der Waals surface area contributed by atoms with Crippen molar-refractivity contribution >= 4 is 15.9 Å². The van der Waals surface area contributed by atoms with Gasteiger partial charge in [-0.15, -0.1) is 0 Å². The summed E-state index contributed by atoms with van der Waals surface area (Å²) in [5.41, 5.74) is 0.619. The number of aromatic nitrogens is 2. The van der Waals surface area contributed by atoms with Gasteiger partial charge in [0.15, 0.2) is 0 Å². The summed E-state index contributed by atoms with van der Waals surface area (Å²) < 4.78 is 2.90. The zero-order valence-electron chi connectivity index (χ0n) is 11.5. The lowest BCUT2D eigenvalue weighted by Crippen LogP contribution is -2.36. The van der Waals surface area contributed by atoms with Crippen molar-refractivity contribution in [2.75, 3.05) is 0 Å². The summed E-state index contributed by atoms with van der Waals surface area (Å²) in [6, 6.07) is 0. The highest BCUT2D eigenvalue weighted by Gasteiger charge is 2.41. The van der Waals surface area contributed by atoms with Crippen molar-refractivity contribution in [3.8, 4) is 0 Å². The Balaban J connectivity index is 2.28. The van der Waals surface area contributed by atoms with Crippen LogP contribution in [0, 0.1) is 5.41 Å². The summed E-state index contributed by atoms with van der Waals surface area (Å²) in [4.78, 5) is 0. The molecule has 1 aromatic heterocycles. The Morgan fingerprint density at radius 3 is 2.50 bits per heavy atom. The predicted molar refractivity (Wildman–Crippen MR) is 76.4 cm³/mol. The first-order valence-electron chi connectivity index (χ1n) is 6.82. The van der Waals surface area contributed by atoms with Gasteiger partial charge in [-0.2, -0.15) is 5.10 Å². The van der Waals surface area contributed by atoms with Crippen molar-refractivity contribution in [3.63, 3.8) is 0 Å². The molecule has 0 radical (unpaired) electrons. The fraction of sp³-hybridized carbons (Fsp3) is 0.786. The zero-order chi connectivity index (χ0) is 13.4. The van der Waals surface area contributed by atoms with Crippen molar-refractivity contribution in [3.05, 3.63) is 16.4 Å². The number of aryl methyl sites for hydroxylation is 1. The third kappa shape index (κ3) is 2.64. The third-order valence-corrected chi connectivity index (χ3v) is 4.68. The maximum absolute atomic E-state index is 11.0. The fourth-order valence-electron chi connectivity index (χ4n) is 2.78. The Morgan fingerprint density at radius 2 is 1.94 bits per heavy atom. The van der Waals surface area contributed by atoms with Crippen molar-refractivity contribution in [2.24, 2.45) is 5.41 Å². The highest BCUT2D eigenvalue weighted by atomic mass is 79.9. The molecule has 1 N–H and O–H groups in total. The van der Waals surface area contributed by atoms with E-state index >= 15 is 0 Å². The number of hydrogen-bond donors (Lipinski definition) is 1. The molecule has 102 valence electrons. The molecule has 4 heteroatoms. The van der Waals surface area contributed by atoms with Crippen molar-refractivity contribution in [1.82, 2.24) is 9.78 Å². The summed E-state index contributed by atoms with van der Waals surface area (Å²) in [7, 11) is 0. The van der Waals surface area contributed by atoms with E-state index in [1.165, 1.54) is 0 Å². The highest BCUT2D eigenvalue weighted by molar-refractivity contribution is 9.10. The SMILES string of the molecule is CCCn1ncc(Br)c1C1(O)CCC(C)(C)CC1. The van der Waals surface area contributed by atoms with Gasteiger partial charge in [0.1, 0.15) is 5.60 Å². The molecule has 0 amide bonds. The van der Waals surface area contributed by atoms with Crippen LogP contribution < -0.4 is 0 Å². The Morgan fingerprint density at radius 1 is 1.33 bits per heavy atom. The van der Waals surface area contributed by atoms with Gasteiger partial charge in [0, 0.05) is 6.54 Å². The van der Waals surface area contributed by atoms with E-state index in [1.807, 2.05) is 10.9 Å². The Hall–Kier alpha value is -0.350. The molecule has 0 aliphatic heterocycles. The molecule has 18 heavy (non-hydrogen) atoms. The number of rotatable bonds is 3.